The van der Waals surface area contributed by atoms with Crippen molar-refractivity contribution in [1.82, 2.24) is 0 Å². The predicted octanol–water partition coefficient (Wildman–Crippen LogP) is 4.27. The first-order valence-electron chi connectivity index (χ1n) is 6.53. The van der Waals surface area contributed by atoms with E-state index in [0.29, 0.717) is 0 Å². The Morgan fingerprint density at radius 3 is 2.47 bits per heavy atom. The van der Waals surface area contributed by atoms with Gasteiger partial charge in [0, 0.05) is 0 Å². The van der Waals surface area contributed by atoms with Gasteiger partial charge in [0.05, 0.1) is 0 Å². The van der Waals surface area contributed by atoms with Gasteiger partial charge >= 0.3 is 0 Å². The standard InChI is InChI=1S/C14H25P/c1-9-4-7-14(15)11(3)10(2)13(9)8-12-5-6-12/h10-14H,1,4-8,15H2,2-3H3. The molecule has 0 aliphatic heterocycles. The Labute approximate surface area is 97.1 Å². The second-order valence-corrected chi connectivity index (χ2v) is 6.72. The monoisotopic (exact) mass is 224 g/mol. The molecule has 0 aromatic rings. The first-order chi connectivity index (χ1) is 7.09. The molecule has 0 radical (unpaired) electrons. The summed E-state index contributed by atoms with van der Waals surface area (Å²) in [4.78, 5) is 0. The van der Waals surface area contributed by atoms with Crippen LogP contribution in [0.5, 0.6) is 0 Å². The molecular formula is C14H25P. The smallest absolute Gasteiger partial charge is 0.0175 e. The van der Waals surface area contributed by atoms with Crippen LogP contribution in [0.1, 0.15) is 46.0 Å². The highest BCUT2D eigenvalue weighted by atomic mass is 31.0. The molecule has 0 aromatic carbocycles. The van der Waals surface area contributed by atoms with Gasteiger partial charge in [-0.15, -0.1) is 9.24 Å². The molecule has 2 aliphatic carbocycles. The minimum absolute atomic E-state index is 0.806. The minimum Gasteiger partial charge on any atom is -0.134 e. The van der Waals surface area contributed by atoms with E-state index in [1.807, 2.05) is 0 Å². The van der Waals surface area contributed by atoms with Gasteiger partial charge in [-0.25, -0.2) is 0 Å². The number of hydrogen-bond donors (Lipinski definition) is 0. The largest absolute Gasteiger partial charge is 0.134 e. The molecule has 5 unspecified atom stereocenters. The first kappa shape index (κ1) is 11.6. The van der Waals surface area contributed by atoms with E-state index >= 15 is 0 Å². The Morgan fingerprint density at radius 1 is 1.20 bits per heavy atom. The van der Waals surface area contributed by atoms with Crippen molar-refractivity contribution in [2.24, 2.45) is 23.7 Å². The van der Waals surface area contributed by atoms with Crippen molar-refractivity contribution in [1.29, 1.82) is 0 Å². The van der Waals surface area contributed by atoms with Crippen molar-refractivity contribution in [3.63, 3.8) is 0 Å². The molecule has 0 spiro atoms. The zero-order chi connectivity index (χ0) is 11.0. The maximum absolute atomic E-state index is 4.35. The summed E-state index contributed by atoms with van der Waals surface area (Å²) >= 11 is 0. The summed E-state index contributed by atoms with van der Waals surface area (Å²) in [6.45, 7) is 9.23. The summed E-state index contributed by atoms with van der Waals surface area (Å²) < 4.78 is 0. The normalized spacial score (nSPS) is 42.7. The molecule has 0 bridgehead atoms. The van der Waals surface area contributed by atoms with Crippen molar-refractivity contribution in [3.05, 3.63) is 12.2 Å². The summed E-state index contributed by atoms with van der Waals surface area (Å²) in [6.07, 6.45) is 6.99. The van der Waals surface area contributed by atoms with E-state index in [4.69, 9.17) is 0 Å². The molecule has 2 aliphatic rings. The van der Waals surface area contributed by atoms with Gasteiger partial charge in [0.25, 0.3) is 0 Å². The maximum Gasteiger partial charge on any atom is -0.0175 e. The zero-order valence-electron chi connectivity index (χ0n) is 10.2. The second-order valence-electron chi connectivity index (χ2n) is 5.86. The molecule has 0 saturated heterocycles. The van der Waals surface area contributed by atoms with E-state index in [-0.39, 0.29) is 0 Å². The second kappa shape index (κ2) is 4.58. The molecule has 5 atom stereocenters. The molecule has 0 heterocycles. The molecule has 2 rings (SSSR count). The Hall–Kier alpha value is 0.170. The van der Waals surface area contributed by atoms with Crippen LogP contribution in [0.4, 0.5) is 0 Å². The highest BCUT2D eigenvalue weighted by Crippen LogP contribution is 2.45. The minimum atomic E-state index is 0.806. The average molecular weight is 224 g/mol. The Kier molecular flexibility index (Phi) is 3.56. The van der Waals surface area contributed by atoms with Crippen LogP contribution in [0, 0.1) is 23.7 Å². The van der Waals surface area contributed by atoms with Crippen molar-refractivity contribution in [2.45, 2.75) is 51.6 Å². The van der Waals surface area contributed by atoms with Crippen LogP contribution in [0.15, 0.2) is 12.2 Å². The fraction of sp³-hybridized carbons (Fsp3) is 0.857. The lowest BCUT2D eigenvalue weighted by atomic mass is 9.78. The van der Waals surface area contributed by atoms with Crippen LogP contribution >= 0.6 is 9.24 Å². The summed E-state index contributed by atoms with van der Waals surface area (Å²) in [6, 6.07) is 0. The lowest BCUT2D eigenvalue weighted by Crippen LogP contribution is -2.23. The van der Waals surface area contributed by atoms with E-state index < -0.39 is 0 Å². The fourth-order valence-electron chi connectivity index (χ4n) is 3.02. The molecule has 0 N–H and O–H groups in total. The summed E-state index contributed by atoms with van der Waals surface area (Å²) in [5.41, 5.74) is 2.35. The molecule has 2 saturated carbocycles. The summed E-state index contributed by atoms with van der Waals surface area (Å²) in [7, 11) is 3.05. The van der Waals surface area contributed by atoms with Crippen LogP contribution in [0.3, 0.4) is 0 Å². The van der Waals surface area contributed by atoms with Gasteiger partial charge in [0.15, 0.2) is 0 Å². The predicted molar refractivity (Wildman–Crippen MR) is 71.0 cm³/mol. The topological polar surface area (TPSA) is 0 Å². The van der Waals surface area contributed by atoms with Crippen molar-refractivity contribution in [2.75, 3.05) is 0 Å². The SMILES string of the molecule is C=C1CCC(P)C(C)C(C)C1CC1CC1. The number of rotatable bonds is 2. The molecule has 0 aromatic heterocycles. The van der Waals surface area contributed by atoms with Crippen LogP contribution in [0.2, 0.25) is 0 Å². The number of hydrogen-bond acceptors (Lipinski definition) is 0. The molecular weight excluding hydrogens is 199 g/mol. The quantitative estimate of drug-likeness (QED) is 0.373. The van der Waals surface area contributed by atoms with Gasteiger partial charge in [-0.2, -0.15) is 0 Å². The van der Waals surface area contributed by atoms with Gasteiger partial charge in [0.1, 0.15) is 0 Å². The van der Waals surface area contributed by atoms with E-state index in [1.54, 1.807) is 5.57 Å². The summed E-state index contributed by atoms with van der Waals surface area (Å²) in [5.74, 6) is 3.54. The van der Waals surface area contributed by atoms with Gasteiger partial charge < -0.3 is 0 Å². The van der Waals surface area contributed by atoms with Gasteiger partial charge in [-0.05, 0) is 48.6 Å². The Morgan fingerprint density at radius 2 is 1.87 bits per heavy atom. The lowest BCUT2D eigenvalue weighted by molar-refractivity contribution is 0.281. The molecule has 15 heavy (non-hydrogen) atoms. The highest BCUT2D eigenvalue weighted by Gasteiger charge is 2.35. The fourth-order valence-corrected chi connectivity index (χ4v) is 3.54. The third-order valence-electron chi connectivity index (χ3n) is 4.75. The average Bonchev–Trinajstić information content (AvgIpc) is 3.03. The first-order valence-corrected chi connectivity index (χ1v) is 7.19. The lowest BCUT2D eigenvalue weighted by Gasteiger charge is -2.29. The Bertz CT molecular complexity index is 242. The van der Waals surface area contributed by atoms with E-state index in [9.17, 15) is 0 Å². The maximum atomic E-state index is 4.35. The molecule has 86 valence electrons. The van der Waals surface area contributed by atoms with E-state index in [2.05, 4.69) is 29.7 Å². The van der Waals surface area contributed by atoms with Crippen molar-refractivity contribution >= 4 is 9.24 Å². The van der Waals surface area contributed by atoms with Gasteiger partial charge in [-0.1, -0.05) is 38.8 Å². The molecule has 1 heteroatoms. The van der Waals surface area contributed by atoms with Crippen LogP contribution in [-0.2, 0) is 0 Å². The van der Waals surface area contributed by atoms with Crippen molar-refractivity contribution in [3.8, 4) is 0 Å². The third-order valence-corrected chi connectivity index (χ3v) is 5.69. The van der Waals surface area contributed by atoms with Crippen molar-refractivity contribution < 1.29 is 0 Å². The van der Waals surface area contributed by atoms with Crippen LogP contribution in [-0.4, -0.2) is 5.66 Å². The third kappa shape index (κ3) is 2.64. The van der Waals surface area contributed by atoms with E-state index in [1.165, 1.54) is 32.1 Å². The Balaban J connectivity index is 2.06. The van der Waals surface area contributed by atoms with Gasteiger partial charge in [-0.3, -0.25) is 0 Å². The van der Waals surface area contributed by atoms with Gasteiger partial charge in [0.2, 0.25) is 0 Å². The van der Waals surface area contributed by atoms with Crippen LogP contribution in [0.25, 0.3) is 0 Å². The molecule has 2 fully saturated rings. The molecule has 0 amide bonds. The van der Waals surface area contributed by atoms with E-state index in [0.717, 1.165) is 29.3 Å². The highest BCUT2D eigenvalue weighted by molar-refractivity contribution is 7.17. The summed E-state index contributed by atoms with van der Waals surface area (Å²) in [5, 5.41) is 0. The van der Waals surface area contributed by atoms with Crippen LogP contribution < -0.4 is 0 Å². The number of allylic oxidation sites excluding steroid dienone is 1. The molecule has 0 nitrogen and oxygen atoms in total. The zero-order valence-corrected chi connectivity index (χ0v) is 11.4.